The van der Waals surface area contributed by atoms with Gasteiger partial charge in [-0.15, -0.1) is 0 Å². The van der Waals surface area contributed by atoms with Crippen molar-refractivity contribution in [3.63, 3.8) is 0 Å². The lowest BCUT2D eigenvalue weighted by Crippen LogP contribution is -2.52. The van der Waals surface area contributed by atoms with Crippen molar-refractivity contribution in [3.8, 4) is 5.75 Å². The van der Waals surface area contributed by atoms with Gasteiger partial charge in [-0.1, -0.05) is 59.7 Å². The van der Waals surface area contributed by atoms with Gasteiger partial charge in [0.1, 0.15) is 11.9 Å². The van der Waals surface area contributed by atoms with Crippen LogP contribution in [0.4, 0.5) is 5.69 Å². The van der Waals surface area contributed by atoms with Crippen LogP contribution < -0.4 is 10.1 Å². The SMILES string of the molecule is C[C@H]1OC(c2ccc(OCCCO)cc2)=N[C@@]1(Cc1ccccc1N=[N+]=[N-])C(=O)NCc1ccccc1. The summed E-state index contributed by atoms with van der Waals surface area (Å²) in [7, 11) is 0. The molecule has 0 radical (unpaired) electrons. The van der Waals surface area contributed by atoms with Gasteiger partial charge in [0.15, 0.2) is 5.54 Å². The molecule has 0 spiro atoms. The fraction of sp³-hybridized carbons (Fsp3) is 0.286. The lowest BCUT2D eigenvalue weighted by molar-refractivity contribution is -0.128. The number of amides is 1. The van der Waals surface area contributed by atoms with E-state index < -0.39 is 11.6 Å². The zero-order valence-corrected chi connectivity index (χ0v) is 20.6. The van der Waals surface area contributed by atoms with Gasteiger partial charge < -0.3 is 19.9 Å². The number of aliphatic imine (C=N–C) groups is 1. The number of aliphatic hydroxyl groups excluding tert-OH is 1. The summed E-state index contributed by atoms with van der Waals surface area (Å²) in [6.45, 7) is 2.65. The Labute approximate surface area is 215 Å². The Balaban J connectivity index is 1.65. The van der Waals surface area contributed by atoms with Crippen LogP contribution in [-0.2, 0) is 22.5 Å². The molecule has 9 nitrogen and oxygen atoms in total. The maximum atomic E-state index is 13.8. The Morgan fingerprint density at radius 2 is 1.86 bits per heavy atom. The van der Waals surface area contributed by atoms with Crippen molar-refractivity contribution in [3.05, 3.63) is 106 Å². The Bertz CT molecular complexity index is 1290. The van der Waals surface area contributed by atoms with Crippen LogP contribution in [0, 0.1) is 0 Å². The van der Waals surface area contributed by atoms with Gasteiger partial charge in [0.2, 0.25) is 5.90 Å². The molecule has 3 aromatic carbocycles. The minimum atomic E-state index is -1.28. The van der Waals surface area contributed by atoms with E-state index in [0.717, 1.165) is 5.56 Å². The number of nitrogens with zero attached hydrogens (tertiary/aromatic N) is 4. The summed E-state index contributed by atoms with van der Waals surface area (Å²) < 4.78 is 11.8. The van der Waals surface area contributed by atoms with Gasteiger partial charge in [0.05, 0.1) is 6.61 Å². The molecule has 190 valence electrons. The number of ether oxygens (including phenoxy) is 2. The van der Waals surface area contributed by atoms with Crippen molar-refractivity contribution in [2.75, 3.05) is 13.2 Å². The van der Waals surface area contributed by atoms with E-state index in [9.17, 15) is 4.79 Å². The molecule has 4 rings (SSSR count). The van der Waals surface area contributed by atoms with Crippen LogP contribution in [0.1, 0.15) is 30.0 Å². The summed E-state index contributed by atoms with van der Waals surface area (Å²) >= 11 is 0. The normalized spacial score (nSPS) is 18.3. The third kappa shape index (κ3) is 6.09. The van der Waals surface area contributed by atoms with Crippen molar-refractivity contribution in [2.45, 2.75) is 38.0 Å². The van der Waals surface area contributed by atoms with Crippen LogP contribution in [0.15, 0.2) is 89.0 Å². The van der Waals surface area contributed by atoms with Gasteiger partial charge in [-0.05, 0) is 47.8 Å². The second-order valence-electron chi connectivity index (χ2n) is 8.71. The minimum Gasteiger partial charge on any atom is -0.494 e. The van der Waals surface area contributed by atoms with Crippen LogP contribution in [0.2, 0.25) is 0 Å². The Morgan fingerprint density at radius 3 is 2.59 bits per heavy atom. The van der Waals surface area contributed by atoms with Gasteiger partial charge in [-0.25, -0.2) is 4.99 Å². The smallest absolute Gasteiger partial charge is 0.252 e. The lowest BCUT2D eigenvalue weighted by atomic mass is 9.85. The maximum absolute atomic E-state index is 13.8. The molecule has 0 bridgehead atoms. The van der Waals surface area contributed by atoms with E-state index >= 15 is 0 Å². The molecule has 0 unspecified atom stereocenters. The first kappa shape index (κ1) is 25.8. The van der Waals surface area contributed by atoms with Crippen LogP contribution in [0.25, 0.3) is 10.4 Å². The van der Waals surface area contributed by atoms with Crippen molar-refractivity contribution in [1.29, 1.82) is 0 Å². The first-order valence-electron chi connectivity index (χ1n) is 12.1. The Hall–Kier alpha value is -4.33. The topological polar surface area (TPSA) is 129 Å². The minimum absolute atomic E-state index is 0.0673. The van der Waals surface area contributed by atoms with Crippen LogP contribution in [-0.4, -0.2) is 41.8 Å². The first-order chi connectivity index (χ1) is 18.1. The number of nitrogens with one attached hydrogen (secondary N) is 1. The van der Waals surface area contributed by atoms with Crippen molar-refractivity contribution in [2.24, 2.45) is 10.1 Å². The molecule has 0 fully saturated rings. The van der Waals surface area contributed by atoms with E-state index in [4.69, 9.17) is 25.1 Å². The number of azide groups is 1. The standard InChI is InChI=1S/C28H29N5O4/c1-20-28(18-23-10-5-6-11-25(23)32-33-29,27(35)30-19-21-8-3-2-4-9-21)31-26(37-20)22-12-14-24(15-13-22)36-17-7-16-34/h2-6,8-15,20,34H,7,16-19H2,1H3,(H,30,35)/t20-,28-/m1/s1. The molecule has 1 aliphatic heterocycles. The van der Waals surface area contributed by atoms with Crippen LogP contribution >= 0.6 is 0 Å². The van der Waals surface area contributed by atoms with Crippen molar-refractivity contribution >= 4 is 17.5 Å². The molecule has 1 heterocycles. The quantitative estimate of drug-likeness (QED) is 0.169. The molecule has 0 aliphatic carbocycles. The molecule has 37 heavy (non-hydrogen) atoms. The summed E-state index contributed by atoms with van der Waals surface area (Å²) in [5.74, 6) is 0.739. The van der Waals surface area contributed by atoms with Gasteiger partial charge >= 0.3 is 0 Å². The number of benzene rings is 3. The van der Waals surface area contributed by atoms with E-state index in [-0.39, 0.29) is 18.9 Å². The number of carbonyl (C=O) groups is 1. The molecule has 9 heteroatoms. The fourth-order valence-electron chi connectivity index (χ4n) is 4.17. The van der Waals surface area contributed by atoms with Gasteiger partial charge in [0, 0.05) is 42.2 Å². The molecule has 3 aromatic rings. The third-order valence-corrected chi connectivity index (χ3v) is 6.23. The molecular formula is C28H29N5O4. The number of rotatable bonds is 11. The molecule has 0 saturated carbocycles. The Kier molecular flexibility index (Phi) is 8.40. The highest BCUT2D eigenvalue weighted by Gasteiger charge is 2.50. The number of hydrogen-bond donors (Lipinski definition) is 2. The van der Waals surface area contributed by atoms with Crippen LogP contribution in [0.3, 0.4) is 0 Å². The average Bonchev–Trinajstić information content (AvgIpc) is 3.26. The summed E-state index contributed by atoms with van der Waals surface area (Å²) in [6, 6.07) is 24.1. The van der Waals surface area contributed by atoms with E-state index in [2.05, 4.69) is 15.3 Å². The molecule has 0 aromatic heterocycles. The monoisotopic (exact) mass is 499 g/mol. The zero-order valence-electron chi connectivity index (χ0n) is 20.6. The summed E-state index contributed by atoms with van der Waals surface area (Å²) in [5.41, 5.74) is 10.6. The van der Waals surface area contributed by atoms with Crippen molar-refractivity contribution < 1.29 is 19.4 Å². The molecular weight excluding hydrogens is 470 g/mol. The maximum Gasteiger partial charge on any atom is 0.252 e. The molecule has 1 aliphatic rings. The van der Waals surface area contributed by atoms with E-state index in [1.54, 1.807) is 24.3 Å². The van der Waals surface area contributed by atoms with Gasteiger partial charge in [-0.3, -0.25) is 4.79 Å². The second kappa shape index (κ2) is 12.1. The number of aliphatic hydroxyl groups is 1. The molecule has 0 saturated heterocycles. The Morgan fingerprint density at radius 1 is 1.14 bits per heavy atom. The summed E-state index contributed by atoms with van der Waals surface area (Å²) in [4.78, 5) is 21.6. The predicted molar refractivity (Wildman–Crippen MR) is 141 cm³/mol. The number of hydrogen-bond acceptors (Lipinski definition) is 6. The highest BCUT2D eigenvalue weighted by molar-refractivity contribution is 6.01. The molecule has 2 atom stereocenters. The van der Waals surface area contributed by atoms with Crippen LogP contribution in [0.5, 0.6) is 5.75 Å². The van der Waals surface area contributed by atoms with Gasteiger partial charge in [-0.2, -0.15) is 0 Å². The molecule has 1 amide bonds. The largest absolute Gasteiger partial charge is 0.494 e. The van der Waals surface area contributed by atoms with E-state index in [1.807, 2.05) is 61.5 Å². The zero-order chi connectivity index (χ0) is 26.1. The molecule has 2 N–H and O–H groups in total. The number of carbonyl (C=O) groups excluding carboxylic acids is 1. The second-order valence-corrected chi connectivity index (χ2v) is 8.71. The first-order valence-corrected chi connectivity index (χ1v) is 12.1. The van der Waals surface area contributed by atoms with Crippen molar-refractivity contribution in [1.82, 2.24) is 5.32 Å². The van der Waals surface area contributed by atoms with E-state index in [1.165, 1.54) is 0 Å². The fourth-order valence-corrected chi connectivity index (χ4v) is 4.17. The highest BCUT2D eigenvalue weighted by atomic mass is 16.5. The summed E-state index contributed by atoms with van der Waals surface area (Å²) in [5, 5.41) is 15.8. The van der Waals surface area contributed by atoms with E-state index in [0.29, 0.717) is 48.0 Å². The van der Waals surface area contributed by atoms with Gasteiger partial charge in [0.25, 0.3) is 5.91 Å². The summed E-state index contributed by atoms with van der Waals surface area (Å²) in [6.07, 6.45) is 0.154. The highest BCUT2D eigenvalue weighted by Crippen LogP contribution is 2.35. The average molecular weight is 500 g/mol. The lowest BCUT2D eigenvalue weighted by Gasteiger charge is -2.28. The predicted octanol–water partition coefficient (Wildman–Crippen LogP) is 4.85. The third-order valence-electron chi connectivity index (χ3n) is 6.23.